The average molecular weight is 214 g/mol. The van der Waals surface area contributed by atoms with Crippen LogP contribution in [0.4, 0.5) is 0 Å². The molecule has 1 aliphatic heterocycles. The number of rotatable bonds is 4. The third kappa shape index (κ3) is 4.18. The molecule has 15 heavy (non-hydrogen) atoms. The molecule has 1 fully saturated rings. The van der Waals surface area contributed by atoms with Gasteiger partial charge in [0.05, 0.1) is 11.6 Å². The fraction of sp³-hybridized carbons (Fsp3) is 0.909. The van der Waals surface area contributed by atoms with Gasteiger partial charge < -0.3 is 15.7 Å². The maximum absolute atomic E-state index is 11.7. The van der Waals surface area contributed by atoms with Gasteiger partial charge in [-0.15, -0.1) is 0 Å². The highest BCUT2D eigenvalue weighted by Crippen LogP contribution is 2.09. The van der Waals surface area contributed by atoms with E-state index in [4.69, 9.17) is 0 Å². The third-order valence-corrected chi connectivity index (χ3v) is 3.03. The lowest BCUT2D eigenvalue weighted by Crippen LogP contribution is -2.50. The molecule has 3 N–H and O–H groups in total. The molecular formula is C11H22N2O2. The summed E-state index contributed by atoms with van der Waals surface area (Å²) in [6, 6.07) is -0.0635. The third-order valence-electron chi connectivity index (χ3n) is 3.03. The van der Waals surface area contributed by atoms with Gasteiger partial charge in [-0.05, 0) is 32.7 Å². The van der Waals surface area contributed by atoms with Crippen LogP contribution in [0.2, 0.25) is 0 Å². The Bertz CT molecular complexity index is 211. The molecule has 0 radical (unpaired) electrons. The fourth-order valence-electron chi connectivity index (χ4n) is 1.60. The number of nitrogens with one attached hydrogen (secondary N) is 2. The second-order valence-electron chi connectivity index (χ2n) is 4.57. The number of piperidine rings is 1. The normalized spacial score (nSPS) is 25.7. The van der Waals surface area contributed by atoms with Gasteiger partial charge in [-0.2, -0.15) is 0 Å². The van der Waals surface area contributed by atoms with Crippen LogP contribution in [-0.2, 0) is 4.79 Å². The number of hydrogen-bond acceptors (Lipinski definition) is 3. The number of hydrogen-bond donors (Lipinski definition) is 3. The average Bonchev–Trinajstić information content (AvgIpc) is 2.27. The van der Waals surface area contributed by atoms with Crippen LogP contribution in [0.25, 0.3) is 0 Å². The maximum atomic E-state index is 11.7. The minimum Gasteiger partial charge on any atom is -0.388 e. The minimum atomic E-state index is -0.787. The van der Waals surface area contributed by atoms with Crippen molar-refractivity contribution in [1.29, 1.82) is 0 Å². The first-order valence-corrected chi connectivity index (χ1v) is 5.78. The molecule has 1 unspecified atom stereocenters. The molecule has 0 aromatic heterocycles. The van der Waals surface area contributed by atoms with E-state index >= 15 is 0 Å². The van der Waals surface area contributed by atoms with Crippen LogP contribution in [0, 0.1) is 0 Å². The van der Waals surface area contributed by atoms with Gasteiger partial charge in [0.2, 0.25) is 5.91 Å². The van der Waals surface area contributed by atoms with Crippen LogP contribution in [0.5, 0.6) is 0 Å². The van der Waals surface area contributed by atoms with E-state index in [-0.39, 0.29) is 11.9 Å². The molecule has 0 aliphatic carbocycles. The molecule has 0 aromatic rings. The van der Waals surface area contributed by atoms with Gasteiger partial charge in [0, 0.05) is 6.54 Å². The lowest BCUT2D eigenvalue weighted by Gasteiger charge is -2.26. The first-order chi connectivity index (χ1) is 7.05. The molecule has 4 nitrogen and oxygen atoms in total. The van der Waals surface area contributed by atoms with Gasteiger partial charge in [-0.3, -0.25) is 4.79 Å². The number of aliphatic hydroxyl groups is 1. The zero-order valence-corrected chi connectivity index (χ0v) is 9.68. The summed E-state index contributed by atoms with van der Waals surface area (Å²) in [7, 11) is 0. The summed E-state index contributed by atoms with van der Waals surface area (Å²) >= 11 is 0. The summed E-state index contributed by atoms with van der Waals surface area (Å²) in [5, 5.41) is 15.7. The van der Waals surface area contributed by atoms with Gasteiger partial charge in [0.15, 0.2) is 0 Å². The number of carbonyl (C=O) groups excluding carboxylic acids is 1. The fourth-order valence-corrected chi connectivity index (χ4v) is 1.60. The Labute approximate surface area is 91.4 Å². The van der Waals surface area contributed by atoms with Crippen molar-refractivity contribution in [3.63, 3.8) is 0 Å². The van der Waals surface area contributed by atoms with Crippen LogP contribution >= 0.6 is 0 Å². The topological polar surface area (TPSA) is 61.4 Å². The van der Waals surface area contributed by atoms with Crippen molar-refractivity contribution in [2.75, 3.05) is 13.1 Å². The second kappa shape index (κ2) is 5.47. The summed E-state index contributed by atoms with van der Waals surface area (Å²) in [5.74, 6) is 0.0171. The Morgan fingerprint density at radius 2 is 2.33 bits per heavy atom. The van der Waals surface area contributed by atoms with E-state index in [1.807, 2.05) is 6.92 Å². The van der Waals surface area contributed by atoms with Crippen molar-refractivity contribution < 1.29 is 9.90 Å². The van der Waals surface area contributed by atoms with E-state index in [2.05, 4.69) is 10.6 Å². The first-order valence-electron chi connectivity index (χ1n) is 5.78. The van der Waals surface area contributed by atoms with E-state index in [1.54, 1.807) is 6.92 Å². The van der Waals surface area contributed by atoms with Crippen LogP contribution in [0.3, 0.4) is 0 Å². The monoisotopic (exact) mass is 214 g/mol. The van der Waals surface area contributed by atoms with Gasteiger partial charge in [-0.25, -0.2) is 0 Å². The zero-order valence-electron chi connectivity index (χ0n) is 9.68. The predicted molar refractivity (Wildman–Crippen MR) is 59.6 cm³/mol. The second-order valence-corrected chi connectivity index (χ2v) is 4.57. The number of carbonyl (C=O) groups is 1. The Kier molecular flexibility index (Phi) is 4.54. The van der Waals surface area contributed by atoms with Crippen molar-refractivity contribution in [2.24, 2.45) is 0 Å². The lowest BCUT2D eigenvalue weighted by atomic mass is 10.0. The van der Waals surface area contributed by atoms with Crippen molar-refractivity contribution in [1.82, 2.24) is 10.6 Å². The molecule has 1 rings (SSSR count). The smallest absolute Gasteiger partial charge is 0.237 e. The van der Waals surface area contributed by atoms with Crippen molar-refractivity contribution in [3.05, 3.63) is 0 Å². The molecule has 1 aliphatic rings. The quantitative estimate of drug-likeness (QED) is 0.635. The van der Waals surface area contributed by atoms with Gasteiger partial charge in [0.1, 0.15) is 0 Å². The molecule has 88 valence electrons. The van der Waals surface area contributed by atoms with E-state index in [1.165, 1.54) is 0 Å². The first kappa shape index (κ1) is 12.5. The SMILES string of the molecule is CCC(C)(O)CNC(=O)[C@@H]1CCCCN1. The molecule has 0 saturated carbocycles. The van der Waals surface area contributed by atoms with Gasteiger partial charge in [0.25, 0.3) is 0 Å². The number of amides is 1. The van der Waals surface area contributed by atoms with E-state index in [0.29, 0.717) is 13.0 Å². The summed E-state index contributed by atoms with van der Waals surface area (Å²) < 4.78 is 0. The molecule has 4 heteroatoms. The van der Waals surface area contributed by atoms with Crippen LogP contribution < -0.4 is 10.6 Å². The van der Waals surface area contributed by atoms with Gasteiger partial charge in [-0.1, -0.05) is 13.3 Å². The van der Waals surface area contributed by atoms with Crippen LogP contribution in [0.15, 0.2) is 0 Å². The molecule has 1 heterocycles. The highest BCUT2D eigenvalue weighted by atomic mass is 16.3. The van der Waals surface area contributed by atoms with Gasteiger partial charge >= 0.3 is 0 Å². The zero-order chi connectivity index (χ0) is 11.3. The summed E-state index contributed by atoms with van der Waals surface area (Å²) in [4.78, 5) is 11.7. The molecule has 0 aromatic carbocycles. The van der Waals surface area contributed by atoms with E-state index < -0.39 is 5.60 Å². The summed E-state index contributed by atoms with van der Waals surface area (Å²) in [5.41, 5.74) is -0.787. The highest BCUT2D eigenvalue weighted by molar-refractivity contribution is 5.81. The Balaban J connectivity index is 2.28. The predicted octanol–water partition coefficient (Wildman–Crippen LogP) is 0.406. The standard InChI is InChI=1S/C11H22N2O2/c1-3-11(2,15)8-13-10(14)9-6-4-5-7-12-9/h9,12,15H,3-8H2,1-2H3,(H,13,14)/t9-,11?/m0/s1. The highest BCUT2D eigenvalue weighted by Gasteiger charge is 2.23. The van der Waals surface area contributed by atoms with E-state index in [9.17, 15) is 9.90 Å². The Morgan fingerprint density at radius 1 is 1.60 bits per heavy atom. The molecular weight excluding hydrogens is 192 g/mol. The summed E-state index contributed by atoms with van der Waals surface area (Å²) in [6.07, 6.45) is 3.80. The molecule has 2 atom stereocenters. The largest absolute Gasteiger partial charge is 0.388 e. The lowest BCUT2D eigenvalue weighted by molar-refractivity contribution is -0.124. The Morgan fingerprint density at radius 3 is 2.87 bits per heavy atom. The summed E-state index contributed by atoms with van der Waals surface area (Å²) in [6.45, 7) is 4.90. The van der Waals surface area contributed by atoms with Crippen molar-refractivity contribution in [2.45, 2.75) is 51.2 Å². The minimum absolute atomic E-state index is 0.0171. The molecule has 0 bridgehead atoms. The van der Waals surface area contributed by atoms with Crippen molar-refractivity contribution in [3.8, 4) is 0 Å². The van der Waals surface area contributed by atoms with Crippen molar-refractivity contribution >= 4 is 5.91 Å². The van der Waals surface area contributed by atoms with Crippen LogP contribution in [0.1, 0.15) is 39.5 Å². The molecule has 0 spiro atoms. The molecule has 1 saturated heterocycles. The molecule has 1 amide bonds. The Hall–Kier alpha value is -0.610. The van der Waals surface area contributed by atoms with Crippen LogP contribution in [-0.4, -0.2) is 35.7 Å². The van der Waals surface area contributed by atoms with E-state index in [0.717, 1.165) is 25.8 Å². The maximum Gasteiger partial charge on any atom is 0.237 e.